The fourth-order valence-electron chi connectivity index (χ4n) is 1.97. The van der Waals surface area contributed by atoms with Crippen LogP contribution in [0.25, 0.3) is 11.3 Å². The van der Waals surface area contributed by atoms with Gasteiger partial charge in [-0.2, -0.15) is 0 Å². The first-order valence-corrected chi connectivity index (χ1v) is 6.89. The number of pyridine rings is 1. The largest absolute Gasteiger partial charge is 0.494 e. The van der Waals surface area contributed by atoms with Gasteiger partial charge in [0.2, 0.25) is 0 Å². The summed E-state index contributed by atoms with van der Waals surface area (Å²) in [5.74, 6) is -0.107. The number of hydrogen-bond donors (Lipinski definition) is 2. The summed E-state index contributed by atoms with van der Waals surface area (Å²) in [4.78, 5) is 4.35. The number of alkyl halides is 1. The van der Waals surface area contributed by atoms with Crippen LogP contribution in [0, 0.1) is 5.82 Å². The maximum Gasteiger partial charge on any atom is 0.145 e. The average molecular weight is 328 g/mol. The van der Waals surface area contributed by atoms with Crippen molar-refractivity contribution in [1.82, 2.24) is 4.98 Å². The van der Waals surface area contributed by atoms with E-state index in [1.165, 1.54) is 25.3 Å². The van der Waals surface area contributed by atoms with Crippen molar-refractivity contribution < 1.29 is 13.5 Å². The van der Waals surface area contributed by atoms with Crippen LogP contribution >= 0.6 is 11.6 Å². The van der Waals surface area contributed by atoms with Gasteiger partial charge in [-0.25, -0.2) is 13.8 Å². The van der Waals surface area contributed by atoms with Crippen molar-refractivity contribution in [3.8, 4) is 17.0 Å². The molecule has 0 saturated heterocycles. The molecule has 2 aromatic rings. The first kappa shape index (κ1) is 16.6. The highest BCUT2D eigenvalue weighted by Gasteiger charge is 2.28. The Balaban J connectivity index is 2.60. The molecule has 0 aliphatic rings. The van der Waals surface area contributed by atoms with Crippen molar-refractivity contribution in [3.05, 3.63) is 46.9 Å². The number of halogens is 3. The Morgan fingerprint density at radius 3 is 2.59 bits per heavy atom. The Hall–Kier alpha value is -1.76. The van der Waals surface area contributed by atoms with E-state index >= 15 is 0 Å². The topological polar surface area (TPSA) is 74.2 Å². The monoisotopic (exact) mass is 327 g/mol. The molecule has 1 atom stereocenters. The number of aromatic nitrogens is 1. The Kier molecular flexibility index (Phi) is 4.95. The maximum absolute atomic E-state index is 13.3. The zero-order valence-corrected chi connectivity index (χ0v) is 12.7. The summed E-state index contributed by atoms with van der Waals surface area (Å²) in [6.07, 6.45) is 0. The second-order valence-electron chi connectivity index (χ2n) is 4.87. The Bertz CT molecular complexity index is 678. The van der Waals surface area contributed by atoms with Gasteiger partial charge >= 0.3 is 0 Å². The van der Waals surface area contributed by atoms with E-state index in [1.54, 1.807) is 12.1 Å². The Morgan fingerprint density at radius 1 is 1.32 bits per heavy atom. The fourth-order valence-corrected chi connectivity index (χ4v) is 2.15. The number of rotatable bonds is 5. The van der Waals surface area contributed by atoms with E-state index < -0.39 is 18.0 Å². The van der Waals surface area contributed by atoms with Crippen molar-refractivity contribution in [2.24, 2.45) is 11.5 Å². The normalized spacial score (nSPS) is 13.7. The predicted octanol–water partition coefficient (Wildman–Crippen LogP) is 2.63. The lowest BCUT2D eigenvalue weighted by atomic mass is 9.96. The van der Waals surface area contributed by atoms with E-state index in [0.717, 1.165) is 0 Å². The lowest BCUT2D eigenvalue weighted by Crippen LogP contribution is -2.46. The summed E-state index contributed by atoms with van der Waals surface area (Å²) in [6, 6.07) is 7.31. The van der Waals surface area contributed by atoms with E-state index in [0.29, 0.717) is 17.0 Å². The van der Waals surface area contributed by atoms with Gasteiger partial charge in [-0.1, -0.05) is 11.6 Å². The molecule has 4 nitrogen and oxygen atoms in total. The van der Waals surface area contributed by atoms with Crippen LogP contribution in [0.15, 0.2) is 30.3 Å². The van der Waals surface area contributed by atoms with E-state index in [1.807, 2.05) is 0 Å². The molecule has 0 bridgehead atoms. The molecular weight excluding hydrogens is 312 g/mol. The van der Waals surface area contributed by atoms with Gasteiger partial charge in [0, 0.05) is 12.1 Å². The van der Waals surface area contributed by atoms with Gasteiger partial charge in [-0.3, -0.25) is 0 Å². The highest BCUT2D eigenvalue weighted by Crippen LogP contribution is 2.32. The summed E-state index contributed by atoms with van der Waals surface area (Å²) in [7, 11) is 1.47. The average Bonchev–Trinajstić information content (AvgIpc) is 2.56. The highest BCUT2D eigenvalue weighted by atomic mass is 35.5. The van der Waals surface area contributed by atoms with Crippen LogP contribution < -0.4 is 16.2 Å². The van der Waals surface area contributed by atoms with Crippen LogP contribution in [0.5, 0.6) is 5.75 Å². The number of ether oxygens (including phenoxy) is 1. The molecule has 4 N–H and O–H groups in total. The molecule has 1 aromatic heterocycles. The summed E-state index contributed by atoms with van der Waals surface area (Å²) in [5.41, 5.74) is 11.3. The van der Waals surface area contributed by atoms with Crippen LogP contribution in [-0.4, -0.2) is 25.3 Å². The molecule has 1 unspecified atom stereocenters. The molecule has 118 valence electrons. The molecular formula is C15H16ClF2N3O. The zero-order valence-electron chi connectivity index (χ0n) is 11.9. The van der Waals surface area contributed by atoms with Gasteiger partial charge in [0.1, 0.15) is 23.9 Å². The van der Waals surface area contributed by atoms with Crippen LogP contribution in [0.2, 0.25) is 5.02 Å². The zero-order chi connectivity index (χ0) is 16.3. The number of methoxy groups -OCH3 is 1. The van der Waals surface area contributed by atoms with E-state index in [-0.39, 0.29) is 17.3 Å². The van der Waals surface area contributed by atoms with Crippen LogP contribution in [0.1, 0.15) is 5.69 Å². The van der Waals surface area contributed by atoms with E-state index in [9.17, 15) is 8.78 Å². The van der Waals surface area contributed by atoms with Gasteiger partial charge < -0.3 is 16.2 Å². The van der Waals surface area contributed by atoms with Crippen LogP contribution in [0.3, 0.4) is 0 Å². The third-order valence-electron chi connectivity index (χ3n) is 3.38. The molecule has 1 aromatic carbocycles. The molecule has 0 fully saturated rings. The van der Waals surface area contributed by atoms with E-state index in [4.69, 9.17) is 27.8 Å². The van der Waals surface area contributed by atoms with Gasteiger partial charge in [-0.05, 0) is 30.3 Å². The van der Waals surface area contributed by atoms with Crippen molar-refractivity contribution in [3.63, 3.8) is 0 Å². The summed E-state index contributed by atoms with van der Waals surface area (Å²) < 4.78 is 31.8. The smallest absolute Gasteiger partial charge is 0.145 e. The summed E-state index contributed by atoms with van der Waals surface area (Å²) in [6.45, 7) is -0.959. The molecule has 7 heteroatoms. The van der Waals surface area contributed by atoms with Gasteiger partial charge in [0.05, 0.1) is 23.4 Å². The van der Waals surface area contributed by atoms with Crippen LogP contribution in [-0.2, 0) is 5.54 Å². The third kappa shape index (κ3) is 3.04. The molecule has 22 heavy (non-hydrogen) atoms. The van der Waals surface area contributed by atoms with Gasteiger partial charge in [0.25, 0.3) is 0 Å². The van der Waals surface area contributed by atoms with Crippen LogP contribution in [0.4, 0.5) is 8.78 Å². The summed E-state index contributed by atoms with van der Waals surface area (Å²) >= 11 is 5.80. The molecule has 0 amide bonds. The van der Waals surface area contributed by atoms with Gasteiger partial charge in [-0.15, -0.1) is 0 Å². The Labute approximate surface area is 132 Å². The number of benzene rings is 1. The summed E-state index contributed by atoms with van der Waals surface area (Å²) in [5, 5.41) is -0.0462. The lowest BCUT2D eigenvalue weighted by Gasteiger charge is -2.24. The minimum atomic E-state index is -1.38. The van der Waals surface area contributed by atoms with Crippen molar-refractivity contribution >= 4 is 11.6 Å². The number of nitrogens with zero attached hydrogens (tertiary/aromatic N) is 1. The Morgan fingerprint density at radius 2 is 2.05 bits per heavy atom. The molecule has 1 heterocycles. The van der Waals surface area contributed by atoms with Crippen molar-refractivity contribution in [1.29, 1.82) is 0 Å². The highest BCUT2D eigenvalue weighted by molar-refractivity contribution is 6.31. The standard InChI is InChI=1S/C15H16ClF2N3O/c1-22-12-4-5-13(15(20,7-17)8-19)21-14(12)9-2-3-11(18)10(16)6-9/h2-6H,7-8,19-20H2,1H3. The first-order valence-electron chi connectivity index (χ1n) is 6.51. The van der Waals surface area contributed by atoms with Crippen molar-refractivity contribution in [2.75, 3.05) is 20.3 Å². The lowest BCUT2D eigenvalue weighted by molar-refractivity contribution is 0.311. The third-order valence-corrected chi connectivity index (χ3v) is 3.67. The molecule has 0 saturated carbocycles. The minimum absolute atomic E-state index is 0.0462. The van der Waals surface area contributed by atoms with Gasteiger partial charge in [0.15, 0.2) is 0 Å². The molecule has 0 radical (unpaired) electrons. The fraction of sp³-hybridized carbons (Fsp3) is 0.267. The van der Waals surface area contributed by atoms with Crippen molar-refractivity contribution in [2.45, 2.75) is 5.54 Å². The number of nitrogens with two attached hydrogens (primary N) is 2. The first-order chi connectivity index (χ1) is 10.4. The minimum Gasteiger partial charge on any atom is -0.494 e. The second-order valence-corrected chi connectivity index (χ2v) is 5.28. The molecule has 0 aliphatic carbocycles. The van der Waals surface area contributed by atoms with E-state index in [2.05, 4.69) is 4.98 Å². The SMILES string of the molecule is COc1ccc(C(N)(CN)CF)nc1-c1ccc(F)c(Cl)c1. The second kappa shape index (κ2) is 6.56. The molecule has 0 spiro atoms. The molecule has 0 aliphatic heterocycles. The predicted molar refractivity (Wildman–Crippen MR) is 82.1 cm³/mol. The number of hydrogen-bond acceptors (Lipinski definition) is 4. The molecule has 2 rings (SSSR count). The quantitative estimate of drug-likeness (QED) is 0.885. The maximum atomic E-state index is 13.3.